The van der Waals surface area contributed by atoms with Crippen LogP contribution in [-0.2, 0) is 4.74 Å². The van der Waals surface area contributed by atoms with E-state index in [9.17, 15) is 4.79 Å². The summed E-state index contributed by atoms with van der Waals surface area (Å²) < 4.78 is 5.25. The van der Waals surface area contributed by atoms with Crippen molar-refractivity contribution in [2.24, 2.45) is 5.73 Å². The molecule has 4 heteroatoms. The Kier molecular flexibility index (Phi) is 5.16. The molecule has 1 atom stereocenters. The average molecular weight is 250 g/mol. The van der Waals surface area contributed by atoms with Crippen LogP contribution in [0.3, 0.4) is 0 Å². The second kappa shape index (κ2) is 6.40. The summed E-state index contributed by atoms with van der Waals surface area (Å²) in [5.74, 6) is 0. The molecule has 18 heavy (non-hydrogen) atoms. The van der Waals surface area contributed by atoms with Crippen molar-refractivity contribution in [1.29, 1.82) is 0 Å². The summed E-state index contributed by atoms with van der Waals surface area (Å²) in [5, 5.41) is 2.85. The number of carbonyl (C=O) groups excluding carboxylic acids is 1. The maximum absolute atomic E-state index is 11.7. The lowest BCUT2D eigenvalue weighted by Gasteiger charge is -2.23. The monoisotopic (exact) mass is 250 g/mol. The first kappa shape index (κ1) is 14.5. The summed E-state index contributed by atoms with van der Waals surface area (Å²) in [6.07, 6.45) is 0.272. The van der Waals surface area contributed by atoms with Gasteiger partial charge in [0.1, 0.15) is 5.60 Å². The van der Waals surface area contributed by atoms with Crippen molar-refractivity contribution in [3.8, 4) is 0 Å². The number of rotatable bonds is 4. The Labute approximate surface area is 109 Å². The summed E-state index contributed by atoms with van der Waals surface area (Å²) in [6, 6.07) is 9.66. The lowest BCUT2D eigenvalue weighted by molar-refractivity contribution is 0.0501. The molecule has 1 aromatic carbocycles. The molecule has 0 heterocycles. The highest BCUT2D eigenvalue weighted by atomic mass is 16.6. The first-order valence-corrected chi connectivity index (χ1v) is 6.17. The Morgan fingerprint density at radius 1 is 1.33 bits per heavy atom. The highest BCUT2D eigenvalue weighted by Gasteiger charge is 2.19. The molecule has 0 aliphatic heterocycles. The fourth-order valence-corrected chi connectivity index (χ4v) is 1.62. The van der Waals surface area contributed by atoms with Gasteiger partial charge in [-0.05, 0) is 39.3 Å². The third-order valence-electron chi connectivity index (χ3n) is 2.35. The van der Waals surface area contributed by atoms with Crippen molar-refractivity contribution >= 4 is 6.09 Å². The van der Waals surface area contributed by atoms with Crippen LogP contribution in [0.5, 0.6) is 0 Å². The largest absolute Gasteiger partial charge is 0.444 e. The minimum absolute atomic E-state index is 0.106. The number of benzene rings is 1. The number of alkyl carbamates (subject to hydrolysis) is 1. The van der Waals surface area contributed by atoms with Gasteiger partial charge in [-0.15, -0.1) is 0 Å². The molecular formula is C14H22N2O2. The van der Waals surface area contributed by atoms with E-state index in [1.54, 1.807) is 0 Å². The first-order valence-electron chi connectivity index (χ1n) is 6.17. The van der Waals surface area contributed by atoms with Crippen LogP contribution in [0.25, 0.3) is 0 Å². The normalized spacial score (nSPS) is 12.9. The van der Waals surface area contributed by atoms with E-state index < -0.39 is 11.7 Å². The van der Waals surface area contributed by atoms with Crippen molar-refractivity contribution in [3.63, 3.8) is 0 Å². The smallest absolute Gasteiger partial charge is 0.408 e. The summed E-state index contributed by atoms with van der Waals surface area (Å²) in [6.45, 7) is 6.03. The summed E-state index contributed by atoms with van der Waals surface area (Å²) in [7, 11) is 0. The third kappa shape index (κ3) is 5.19. The summed E-state index contributed by atoms with van der Waals surface area (Å²) in [4.78, 5) is 11.7. The van der Waals surface area contributed by atoms with E-state index >= 15 is 0 Å². The van der Waals surface area contributed by atoms with Gasteiger partial charge < -0.3 is 15.8 Å². The predicted octanol–water partition coefficient (Wildman–Crippen LogP) is 2.60. The molecule has 1 amide bonds. The molecule has 0 aromatic heterocycles. The molecule has 0 radical (unpaired) electrons. The second-order valence-corrected chi connectivity index (χ2v) is 5.19. The molecule has 0 saturated carbocycles. The van der Waals surface area contributed by atoms with Gasteiger partial charge in [0, 0.05) is 0 Å². The number of nitrogens with two attached hydrogens (primary N) is 1. The molecule has 0 spiro atoms. The molecule has 0 bridgehead atoms. The molecule has 1 rings (SSSR count). The number of amides is 1. The van der Waals surface area contributed by atoms with Crippen LogP contribution in [0.15, 0.2) is 30.3 Å². The van der Waals surface area contributed by atoms with Gasteiger partial charge >= 0.3 is 6.09 Å². The van der Waals surface area contributed by atoms with Crippen LogP contribution in [0.2, 0.25) is 0 Å². The molecule has 0 aliphatic carbocycles. The minimum atomic E-state index is -0.492. The standard InChI is InChI=1S/C14H22N2O2/c1-14(2,3)18-13(17)16-12(9-10-15)11-7-5-4-6-8-11/h4-8,12H,9-10,15H2,1-3H3,(H,16,17)/t12-/m0/s1. The van der Waals surface area contributed by atoms with Crippen molar-refractivity contribution < 1.29 is 9.53 Å². The molecule has 4 nitrogen and oxygen atoms in total. The molecule has 3 N–H and O–H groups in total. The predicted molar refractivity (Wildman–Crippen MR) is 72.2 cm³/mol. The van der Waals surface area contributed by atoms with Crippen LogP contribution in [0.4, 0.5) is 4.79 Å². The van der Waals surface area contributed by atoms with E-state index in [-0.39, 0.29) is 6.04 Å². The first-order chi connectivity index (χ1) is 8.42. The van der Waals surface area contributed by atoms with Crippen molar-refractivity contribution in [2.75, 3.05) is 6.54 Å². The third-order valence-corrected chi connectivity index (χ3v) is 2.35. The SMILES string of the molecule is CC(C)(C)OC(=O)N[C@@H](CCN)c1ccccc1. The van der Waals surface area contributed by atoms with Gasteiger partial charge in [-0.3, -0.25) is 0 Å². The molecule has 1 aromatic rings. The molecule has 0 aliphatic rings. The Morgan fingerprint density at radius 3 is 2.44 bits per heavy atom. The maximum atomic E-state index is 11.7. The zero-order valence-electron chi connectivity index (χ0n) is 11.3. The van der Waals surface area contributed by atoms with Gasteiger partial charge in [0.05, 0.1) is 6.04 Å². The Balaban J connectivity index is 2.67. The number of carbonyl (C=O) groups is 1. The fourth-order valence-electron chi connectivity index (χ4n) is 1.62. The highest BCUT2D eigenvalue weighted by Crippen LogP contribution is 2.17. The average Bonchev–Trinajstić information content (AvgIpc) is 2.27. The summed E-state index contributed by atoms with van der Waals surface area (Å²) >= 11 is 0. The van der Waals surface area contributed by atoms with E-state index in [2.05, 4.69) is 5.32 Å². The number of hydrogen-bond donors (Lipinski definition) is 2. The van der Waals surface area contributed by atoms with Gasteiger partial charge in [0.25, 0.3) is 0 Å². The van der Waals surface area contributed by atoms with Crippen molar-refractivity contribution in [2.45, 2.75) is 38.8 Å². The highest BCUT2D eigenvalue weighted by molar-refractivity contribution is 5.68. The molecule has 0 fully saturated rings. The Hall–Kier alpha value is -1.55. The lowest BCUT2D eigenvalue weighted by Crippen LogP contribution is -2.35. The van der Waals surface area contributed by atoms with Crippen molar-refractivity contribution in [3.05, 3.63) is 35.9 Å². The zero-order chi connectivity index (χ0) is 13.6. The van der Waals surface area contributed by atoms with Crippen LogP contribution < -0.4 is 11.1 Å². The minimum Gasteiger partial charge on any atom is -0.444 e. The zero-order valence-corrected chi connectivity index (χ0v) is 11.3. The van der Waals surface area contributed by atoms with E-state index in [1.165, 1.54) is 0 Å². The van der Waals surface area contributed by atoms with Gasteiger partial charge in [0.2, 0.25) is 0 Å². The van der Waals surface area contributed by atoms with Crippen LogP contribution in [0.1, 0.15) is 38.8 Å². The van der Waals surface area contributed by atoms with Crippen LogP contribution >= 0.6 is 0 Å². The van der Waals surface area contributed by atoms with E-state index in [0.29, 0.717) is 13.0 Å². The fraction of sp³-hybridized carbons (Fsp3) is 0.500. The quantitative estimate of drug-likeness (QED) is 0.863. The number of ether oxygens (including phenoxy) is 1. The second-order valence-electron chi connectivity index (χ2n) is 5.19. The number of nitrogens with one attached hydrogen (secondary N) is 1. The Bertz CT molecular complexity index is 371. The molecular weight excluding hydrogens is 228 g/mol. The van der Waals surface area contributed by atoms with Crippen LogP contribution in [0, 0.1) is 0 Å². The van der Waals surface area contributed by atoms with Crippen LogP contribution in [-0.4, -0.2) is 18.2 Å². The van der Waals surface area contributed by atoms with E-state index in [0.717, 1.165) is 5.56 Å². The van der Waals surface area contributed by atoms with Crippen molar-refractivity contribution in [1.82, 2.24) is 5.32 Å². The van der Waals surface area contributed by atoms with Gasteiger partial charge in [0.15, 0.2) is 0 Å². The van der Waals surface area contributed by atoms with E-state index in [1.807, 2.05) is 51.1 Å². The molecule has 100 valence electrons. The molecule has 0 saturated heterocycles. The Morgan fingerprint density at radius 2 is 1.94 bits per heavy atom. The maximum Gasteiger partial charge on any atom is 0.408 e. The van der Waals surface area contributed by atoms with Gasteiger partial charge in [-0.2, -0.15) is 0 Å². The number of hydrogen-bond acceptors (Lipinski definition) is 3. The van der Waals surface area contributed by atoms with E-state index in [4.69, 9.17) is 10.5 Å². The van der Waals surface area contributed by atoms with Gasteiger partial charge in [-0.1, -0.05) is 30.3 Å². The summed E-state index contributed by atoms with van der Waals surface area (Å²) in [5.41, 5.74) is 6.12. The topological polar surface area (TPSA) is 64.3 Å². The lowest BCUT2D eigenvalue weighted by atomic mass is 10.0. The molecule has 0 unspecified atom stereocenters. The van der Waals surface area contributed by atoms with Gasteiger partial charge in [-0.25, -0.2) is 4.79 Å².